The molecule has 2 rings (SSSR count). The average molecular weight is 303 g/mol. The van der Waals surface area contributed by atoms with Crippen LogP contribution in [0.1, 0.15) is 44.9 Å². The molecule has 21 heavy (non-hydrogen) atoms. The van der Waals surface area contributed by atoms with Crippen LogP contribution in [0.15, 0.2) is 41.1 Å². The van der Waals surface area contributed by atoms with Gasteiger partial charge >= 0.3 is 0 Å². The van der Waals surface area contributed by atoms with E-state index in [9.17, 15) is 0 Å². The van der Waals surface area contributed by atoms with Crippen LogP contribution in [0.5, 0.6) is 5.75 Å². The van der Waals surface area contributed by atoms with Gasteiger partial charge in [-0.15, -0.1) is 0 Å². The minimum Gasteiger partial charge on any atom is -0.491 e. The van der Waals surface area contributed by atoms with Crippen LogP contribution < -0.4 is 10.1 Å². The number of rotatable bonds is 7. The highest BCUT2D eigenvalue weighted by Crippen LogP contribution is 2.19. The van der Waals surface area contributed by atoms with E-state index in [4.69, 9.17) is 4.74 Å². The molecule has 3 heteroatoms. The van der Waals surface area contributed by atoms with E-state index in [0.717, 1.165) is 12.2 Å². The van der Waals surface area contributed by atoms with Gasteiger partial charge in [0.2, 0.25) is 0 Å². The number of benzene rings is 1. The van der Waals surface area contributed by atoms with Crippen LogP contribution in [-0.4, -0.2) is 12.1 Å². The van der Waals surface area contributed by atoms with Crippen LogP contribution in [0.25, 0.3) is 0 Å². The normalized spacial score (nSPS) is 14.1. The van der Waals surface area contributed by atoms with Crippen molar-refractivity contribution < 1.29 is 4.74 Å². The molecule has 0 radical (unpaired) electrons. The molecule has 0 fully saturated rings. The zero-order chi connectivity index (χ0) is 15.2. The van der Waals surface area contributed by atoms with Gasteiger partial charge in [0.1, 0.15) is 5.75 Å². The van der Waals surface area contributed by atoms with Crippen molar-refractivity contribution in [3.8, 4) is 5.75 Å². The smallest absolute Gasteiger partial charge is 0.119 e. The van der Waals surface area contributed by atoms with Crippen molar-refractivity contribution in [2.45, 2.75) is 52.3 Å². The summed E-state index contributed by atoms with van der Waals surface area (Å²) in [5.74, 6) is 0.937. The molecule has 1 aromatic heterocycles. The van der Waals surface area contributed by atoms with Gasteiger partial charge in [0.25, 0.3) is 0 Å². The summed E-state index contributed by atoms with van der Waals surface area (Å²) in [6, 6.07) is 11.4. The fourth-order valence-electron chi connectivity index (χ4n) is 2.45. The Labute approximate surface area is 132 Å². The summed E-state index contributed by atoms with van der Waals surface area (Å²) < 4.78 is 5.68. The van der Waals surface area contributed by atoms with Crippen molar-refractivity contribution in [2.24, 2.45) is 0 Å². The lowest BCUT2D eigenvalue weighted by molar-refractivity contribution is 0.242. The summed E-state index contributed by atoms with van der Waals surface area (Å²) in [7, 11) is 0. The second-order valence-corrected chi connectivity index (χ2v) is 6.64. The van der Waals surface area contributed by atoms with Crippen LogP contribution in [0.2, 0.25) is 0 Å². The summed E-state index contributed by atoms with van der Waals surface area (Å²) in [5, 5.41) is 8.02. The molecule has 2 unspecified atom stereocenters. The molecule has 1 N–H and O–H groups in total. The van der Waals surface area contributed by atoms with E-state index in [-0.39, 0.29) is 6.10 Å². The van der Waals surface area contributed by atoms with E-state index in [1.165, 1.54) is 11.1 Å². The first-order valence-corrected chi connectivity index (χ1v) is 8.52. The van der Waals surface area contributed by atoms with Gasteiger partial charge < -0.3 is 10.1 Å². The maximum atomic E-state index is 5.68. The largest absolute Gasteiger partial charge is 0.491 e. The van der Waals surface area contributed by atoms with Gasteiger partial charge in [-0.3, -0.25) is 0 Å². The summed E-state index contributed by atoms with van der Waals surface area (Å²) in [6.45, 7) is 8.54. The molecule has 1 aromatic carbocycles. The number of ether oxygens (including phenoxy) is 1. The number of hydrogen-bond donors (Lipinski definition) is 1. The Kier molecular flexibility index (Phi) is 5.83. The third-order valence-corrected chi connectivity index (χ3v) is 4.14. The minimum atomic E-state index is 0.219. The van der Waals surface area contributed by atoms with Gasteiger partial charge in [0, 0.05) is 12.1 Å². The molecule has 0 amide bonds. The Bertz CT molecular complexity index is 519. The Morgan fingerprint density at radius 3 is 2.33 bits per heavy atom. The lowest BCUT2D eigenvalue weighted by Gasteiger charge is -2.20. The van der Waals surface area contributed by atoms with Crippen molar-refractivity contribution in [3.05, 3.63) is 52.2 Å². The molecule has 0 spiro atoms. The maximum Gasteiger partial charge on any atom is 0.119 e. The van der Waals surface area contributed by atoms with Crippen molar-refractivity contribution in [3.63, 3.8) is 0 Å². The lowest BCUT2D eigenvalue weighted by atomic mass is 10.1. The Hall–Kier alpha value is -1.32. The Balaban J connectivity index is 1.88. The van der Waals surface area contributed by atoms with E-state index >= 15 is 0 Å². The minimum absolute atomic E-state index is 0.219. The molecule has 0 saturated heterocycles. The molecule has 0 aliphatic carbocycles. The monoisotopic (exact) mass is 303 g/mol. The lowest BCUT2D eigenvalue weighted by Crippen LogP contribution is -2.30. The first-order chi connectivity index (χ1) is 10.0. The van der Waals surface area contributed by atoms with Crippen molar-refractivity contribution >= 4 is 11.3 Å². The summed E-state index contributed by atoms with van der Waals surface area (Å²) in [6.07, 6.45) is 1.29. The topological polar surface area (TPSA) is 21.3 Å². The molecule has 2 aromatic rings. The third kappa shape index (κ3) is 5.18. The predicted octanol–water partition coefficient (Wildman–Crippen LogP) is 4.82. The van der Waals surface area contributed by atoms with E-state index in [1.807, 2.05) is 13.8 Å². The first kappa shape index (κ1) is 16.1. The van der Waals surface area contributed by atoms with E-state index in [0.29, 0.717) is 12.1 Å². The molecule has 0 aliphatic rings. The average Bonchev–Trinajstić information content (AvgIpc) is 2.91. The summed E-state index contributed by atoms with van der Waals surface area (Å²) in [4.78, 5) is 0. The van der Waals surface area contributed by atoms with Crippen molar-refractivity contribution in [2.75, 3.05) is 0 Å². The molecular weight excluding hydrogens is 278 g/mol. The summed E-state index contributed by atoms with van der Waals surface area (Å²) >= 11 is 1.76. The van der Waals surface area contributed by atoms with Crippen molar-refractivity contribution in [1.29, 1.82) is 0 Å². The molecular formula is C18H25NOS. The molecule has 0 saturated carbocycles. The zero-order valence-electron chi connectivity index (χ0n) is 13.3. The molecule has 1 heterocycles. The van der Waals surface area contributed by atoms with Crippen LogP contribution in [-0.2, 0) is 6.42 Å². The summed E-state index contributed by atoms with van der Waals surface area (Å²) in [5.41, 5.74) is 2.70. The first-order valence-electron chi connectivity index (χ1n) is 7.58. The molecule has 0 bridgehead atoms. The molecule has 0 aliphatic heterocycles. The van der Waals surface area contributed by atoms with Gasteiger partial charge in [-0.25, -0.2) is 0 Å². The number of thiophene rings is 1. The highest BCUT2D eigenvalue weighted by atomic mass is 32.1. The highest BCUT2D eigenvalue weighted by Gasteiger charge is 2.10. The van der Waals surface area contributed by atoms with Gasteiger partial charge in [-0.05, 0) is 74.2 Å². The number of hydrogen-bond acceptors (Lipinski definition) is 3. The molecule has 114 valence electrons. The number of nitrogens with one attached hydrogen (secondary N) is 1. The molecule has 2 atom stereocenters. The second kappa shape index (κ2) is 7.62. The molecule has 2 nitrogen and oxygen atoms in total. The van der Waals surface area contributed by atoms with E-state index < -0.39 is 0 Å². The second-order valence-electron chi connectivity index (χ2n) is 5.86. The van der Waals surface area contributed by atoms with Crippen LogP contribution in [0.4, 0.5) is 0 Å². The quantitative estimate of drug-likeness (QED) is 0.792. The zero-order valence-corrected chi connectivity index (χ0v) is 14.1. The SMILES string of the molecule is CC(Cc1ccsc1)NC(C)c1ccc(OC(C)C)cc1. The van der Waals surface area contributed by atoms with Crippen molar-refractivity contribution in [1.82, 2.24) is 5.32 Å². The maximum absolute atomic E-state index is 5.68. The fourth-order valence-corrected chi connectivity index (χ4v) is 3.13. The van der Waals surface area contributed by atoms with Crippen LogP contribution in [0, 0.1) is 0 Å². The fraction of sp³-hybridized carbons (Fsp3) is 0.444. The van der Waals surface area contributed by atoms with Gasteiger partial charge in [-0.1, -0.05) is 12.1 Å². The predicted molar refractivity (Wildman–Crippen MR) is 91.2 cm³/mol. The Morgan fingerprint density at radius 1 is 1.05 bits per heavy atom. The van der Waals surface area contributed by atoms with E-state index in [1.54, 1.807) is 11.3 Å². The van der Waals surface area contributed by atoms with Gasteiger partial charge in [-0.2, -0.15) is 11.3 Å². The van der Waals surface area contributed by atoms with E-state index in [2.05, 4.69) is 60.3 Å². The van der Waals surface area contributed by atoms with Gasteiger partial charge in [0.15, 0.2) is 0 Å². The van der Waals surface area contributed by atoms with Crippen LogP contribution in [0.3, 0.4) is 0 Å². The third-order valence-electron chi connectivity index (χ3n) is 3.41. The highest BCUT2D eigenvalue weighted by molar-refractivity contribution is 7.07. The van der Waals surface area contributed by atoms with Crippen LogP contribution >= 0.6 is 11.3 Å². The van der Waals surface area contributed by atoms with Gasteiger partial charge in [0.05, 0.1) is 6.10 Å². The standard InChI is InChI=1S/C18H25NOS/c1-13(2)20-18-7-5-17(6-8-18)15(4)19-14(3)11-16-9-10-21-12-16/h5-10,12-15,19H,11H2,1-4H3. The Morgan fingerprint density at radius 2 is 1.76 bits per heavy atom.